The first-order valence-corrected chi connectivity index (χ1v) is 10.7. The molecule has 1 saturated heterocycles. The molecule has 3 aliphatic rings. The Morgan fingerprint density at radius 2 is 1.85 bits per heavy atom. The zero-order valence-electron chi connectivity index (χ0n) is 17.2. The van der Waals surface area contributed by atoms with Crippen LogP contribution in [-0.4, -0.2) is 62.8 Å². The average molecular weight is 373 g/mol. The van der Waals surface area contributed by atoms with Crippen LogP contribution >= 0.6 is 0 Å². The summed E-state index contributed by atoms with van der Waals surface area (Å²) in [5.41, 5.74) is 1.54. The zero-order valence-corrected chi connectivity index (χ0v) is 17.2. The molecule has 4 nitrogen and oxygen atoms in total. The van der Waals surface area contributed by atoms with Crippen molar-refractivity contribution in [3.63, 3.8) is 0 Å². The summed E-state index contributed by atoms with van der Waals surface area (Å²) in [4.78, 5) is 5.24. The van der Waals surface area contributed by atoms with E-state index in [4.69, 9.17) is 9.47 Å². The molecule has 0 saturated carbocycles. The van der Waals surface area contributed by atoms with Crippen LogP contribution in [-0.2, 0) is 9.47 Å². The monoisotopic (exact) mass is 372 g/mol. The van der Waals surface area contributed by atoms with Gasteiger partial charge >= 0.3 is 0 Å². The molecule has 0 aromatic carbocycles. The number of hydrogen-bond acceptors (Lipinski definition) is 4. The summed E-state index contributed by atoms with van der Waals surface area (Å²) in [6.45, 7) is 9.82. The van der Waals surface area contributed by atoms with Gasteiger partial charge in [-0.15, -0.1) is 0 Å². The summed E-state index contributed by atoms with van der Waals surface area (Å²) in [5.74, 6) is 2.34. The molecule has 4 heteroatoms. The standard InChI is InChI=1S/C23H36N2O2/c1-3-27-23-18-21(11-12-22(23)26-2)19-25-16-14-24(15-17-25)13-7-10-20-8-5-4-6-9-20/h5,8-9,12,18,21H,3-4,6-7,10-11,13-17,19H2,1-2H3. The van der Waals surface area contributed by atoms with Crippen LogP contribution in [0.3, 0.4) is 0 Å². The lowest BCUT2D eigenvalue weighted by Crippen LogP contribution is -2.47. The van der Waals surface area contributed by atoms with E-state index in [1.165, 1.54) is 64.0 Å². The van der Waals surface area contributed by atoms with Gasteiger partial charge in [-0.1, -0.05) is 23.8 Å². The molecule has 1 unspecified atom stereocenters. The molecule has 0 bridgehead atoms. The molecule has 0 spiro atoms. The van der Waals surface area contributed by atoms with E-state index in [0.717, 1.165) is 24.5 Å². The fourth-order valence-corrected chi connectivity index (χ4v) is 4.20. The highest BCUT2D eigenvalue weighted by molar-refractivity contribution is 5.25. The third kappa shape index (κ3) is 6.25. The Balaban J connectivity index is 1.36. The van der Waals surface area contributed by atoms with Crippen molar-refractivity contribution in [3.8, 4) is 0 Å². The predicted octanol–water partition coefficient (Wildman–Crippen LogP) is 4.13. The number of nitrogens with zero attached hydrogens (tertiary/aromatic N) is 2. The minimum absolute atomic E-state index is 0.530. The number of hydrogen-bond donors (Lipinski definition) is 0. The molecule has 0 aromatic rings. The minimum Gasteiger partial charge on any atom is -0.493 e. The molecule has 1 aliphatic heterocycles. The van der Waals surface area contributed by atoms with Gasteiger partial charge in [-0.2, -0.15) is 0 Å². The molecule has 0 radical (unpaired) electrons. The maximum Gasteiger partial charge on any atom is 0.157 e. The Morgan fingerprint density at radius 3 is 2.56 bits per heavy atom. The van der Waals surface area contributed by atoms with Crippen molar-refractivity contribution in [2.75, 3.05) is 53.0 Å². The van der Waals surface area contributed by atoms with Crippen LogP contribution in [0.4, 0.5) is 0 Å². The minimum atomic E-state index is 0.530. The molecule has 1 heterocycles. The first-order valence-electron chi connectivity index (χ1n) is 10.7. The van der Waals surface area contributed by atoms with Crippen LogP contribution in [0.2, 0.25) is 0 Å². The van der Waals surface area contributed by atoms with Gasteiger partial charge in [-0.3, -0.25) is 0 Å². The lowest BCUT2D eigenvalue weighted by Gasteiger charge is -2.36. The fourth-order valence-electron chi connectivity index (χ4n) is 4.20. The third-order valence-corrected chi connectivity index (χ3v) is 5.72. The number of rotatable bonds is 9. The van der Waals surface area contributed by atoms with Gasteiger partial charge in [0.05, 0.1) is 13.7 Å². The molecule has 27 heavy (non-hydrogen) atoms. The summed E-state index contributed by atoms with van der Waals surface area (Å²) in [5, 5.41) is 0. The highest BCUT2D eigenvalue weighted by atomic mass is 16.5. The van der Waals surface area contributed by atoms with E-state index < -0.39 is 0 Å². The predicted molar refractivity (Wildman–Crippen MR) is 111 cm³/mol. The van der Waals surface area contributed by atoms with Crippen molar-refractivity contribution in [1.29, 1.82) is 0 Å². The SMILES string of the molecule is CCOC1=CC(CN2CCN(CCCC3=CCCC=C3)CC2)CC=C1OC. The van der Waals surface area contributed by atoms with E-state index >= 15 is 0 Å². The second-order valence-corrected chi connectivity index (χ2v) is 7.74. The molecule has 1 fully saturated rings. The van der Waals surface area contributed by atoms with Crippen molar-refractivity contribution in [1.82, 2.24) is 9.80 Å². The summed E-state index contributed by atoms with van der Waals surface area (Å²) < 4.78 is 11.2. The number of allylic oxidation sites excluding steroid dienone is 5. The molecule has 1 atom stereocenters. The van der Waals surface area contributed by atoms with Crippen molar-refractivity contribution >= 4 is 0 Å². The number of methoxy groups -OCH3 is 1. The van der Waals surface area contributed by atoms with Gasteiger partial charge in [0.15, 0.2) is 11.5 Å². The van der Waals surface area contributed by atoms with E-state index in [-0.39, 0.29) is 0 Å². The van der Waals surface area contributed by atoms with Gasteiger partial charge in [0.1, 0.15) is 0 Å². The Bertz CT molecular complexity index is 583. The van der Waals surface area contributed by atoms with Crippen LogP contribution in [0.25, 0.3) is 0 Å². The summed E-state index contributed by atoms with van der Waals surface area (Å²) >= 11 is 0. The smallest absolute Gasteiger partial charge is 0.157 e. The Hall–Kier alpha value is -1.52. The van der Waals surface area contributed by atoms with Crippen LogP contribution in [0.5, 0.6) is 0 Å². The molecule has 150 valence electrons. The topological polar surface area (TPSA) is 24.9 Å². The van der Waals surface area contributed by atoms with Crippen LogP contribution < -0.4 is 0 Å². The fraction of sp³-hybridized carbons (Fsp3) is 0.652. The molecule has 0 aromatic heterocycles. The lowest BCUT2D eigenvalue weighted by molar-refractivity contribution is 0.120. The highest BCUT2D eigenvalue weighted by Crippen LogP contribution is 2.25. The van der Waals surface area contributed by atoms with Crippen molar-refractivity contribution in [2.24, 2.45) is 5.92 Å². The first-order chi connectivity index (χ1) is 13.3. The normalized spacial score (nSPS) is 24.2. The maximum absolute atomic E-state index is 5.75. The molecular formula is C23H36N2O2. The Morgan fingerprint density at radius 1 is 1.04 bits per heavy atom. The maximum atomic E-state index is 5.75. The van der Waals surface area contributed by atoms with Crippen LogP contribution in [0.15, 0.2) is 47.5 Å². The van der Waals surface area contributed by atoms with E-state index in [2.05, 4.69) is 40.2 Å². The van der Waals surface area contributed by atoms with E-state index in [9.17, 15) is 0 Å². The Kier molecular flexibility index (Phi) is 8.03. The van der Waals surface area contributed by atoms with Crippen LogP contribution in [0, 0.1) is 5.92 Å². The van der Waals surface area contributed by atoms with Gasteiger partial charge < -0.3 is 19.3 Å². The largest absolute Gasteiger partial charge is 0.493 e. The second kappa shape index (κ2) is 10.7. The van der Waals surface area contributed by atoms with Gasteiger partial charge in [-0.05, 0) is 63.6 Å². The summed E-state index contributed by atoms with van der Waals surface area (Å²) in [6.07, 6.45) is 17.5. The van der Waals surface area contributed by atoms with Gasteiger partial charge in [0.25, 0.3) is 0 Å². The van der Waals surface area contributed by atoms with E-state index in [1.807, 2.05) is 6.92 Å². The van der Waals surface area contributed by atoms with Gasteiger partial charge in [0, 0.05) is 32.7 Å². The second-order valence-electron chi connectivity index (χ2n) is 7.74. The van der Waals surface area contributed by atoms with Crippen molar-refractivity contribution < 1.29 is 9.47 Å². The van der Waals surface area contributed by atoms with E-state index in [1.54, 1.807) is 7.11 Å². The van der Waals surface area contributed by atoms with E-state index in [0.29, 0.717) is 12.5 Å². The molecule has 2 aliphatic carbocycles. The lowest BCUT2D eigenvalue weighted by atomic mass is 9.98. The van der Waals surface area contributed by atoms with Crippen molar-refractivity contribution in [2.45, 2.75) is 39.0 Å². The average Bonchev–Trinajstić information content (AvgIpc) is 2.71. The number of ether oxygens (including phenoxy) is 2. The van der Waals surface area contributed by atoms with Gasteiger partial charge in [-0.25, -0.2) is 0 Å². The first kappa shape index (κ1) is 20.2. The molecule has 0 N–H and O–H groups in total. The molecule has 0 amide bonds. The number of piperazine rings is 1. The Labute approximate surface area is 165 Å². The van der Waals surface area contributed by atoms with Crippen LogP contribution in [0.1, 0.15) is 39.0 Å². The summed E-state index contributed by atoms with van der Waals surface area (Å²) in [7, 11) is 1.72. The quantitative estimate of drug-likeness (QED) is 0.607. The third-order valence-electron chi connectivity index (χ3n) is 5.72. The molecular weight excluding hydrogens is 336 g/mol. The zero-order chi connectivity index (χ0) is 18.9. The molecule has 3 rings (SSSR count). The highest BCUT2D eigenvalue weighted by Gasteiger charge is 2.22. The van der Waals surface area contributed by atoms with Gasteiger partial charge in [0.2, 0.25) is 0 Å². The van der Waals surface area contributed by atoms with Crippen molar-refractivity contribution in [3.05, 3.63) is 47.5 Å². The summed E-state index contributed by atoms with van der Waals surface area (Å²) in [6, 6.07) is 0.